The molecular formula is C20H21N7O. The lowest BCUT2D eigenvalue weighted by atomic mass is 10.1. The van der Waals surface area contributed by atoms with Gasteiger partial charge in [-0.25, -0.2) is 10.8 Å². The van der Waals surface area contributed by atoms with Crippen LogP contribution in [0, 0.1) is 0 Å². The van der Waals surface area contributed by atoms with Gasteiger partial charge in [-0.1, -0.05) is 12.1 Å². The van der Waals surface area contributed by atoms with Gasteiger partial charge < -0.3 is 10.8 Å². The van der Waals surface area contributed by atoms with Crippen LogP contribution in [0.2, 0.25) is 0 Å². The molecule has 8 heteroatoms. The van der Waals surface area contributed by atoms with Crippen LogP contribution >= 0.6 is 0 Å². The number of pyridine rings is 2. The number of rotatable bonds is 6. The third-order valence-corrected chi connectivity index (χ3v) is 4.46. The molecule has 0 unspecified atom stereocenters. The monoisotopic (exact) mass is 375 g/mol. The van der Waals surface area contributed by atoms with E-state index in [1.54, 1.807) is 23.1 Å². The maximum atomic E-state index is 9.04. The highest BCUT2D eigenvalue weighted by Gasteiger charge is 2.12. The number of hydrogen-bond acceptors (Lipinski definition) is 7. The number of hydrazine groups is 1. The fourth-order valence-corrected chi connectivity index (χ4v) is 3.07. The molecular weight excluding hydrogens is 354 g/mol. The van der Waals surface area contributed by atoms with E-state index in [4.69, 9.17) is 16.7 Å². The lowest BCUT2D eigenvalue weighted by Crippen LogP contribution is -2.31. The van der Waals surface area contributed by atoms with Crippen LogP contribution in [0.4, 0.5) is 11.5 Å². The summed E-state index contributed by atoms with van der Waals surface area (Å²) in [6.07, 6.45) is 5.31. The van der Waals surface area contributed by atoms with Gasteiger partial charge in [0.25, 0.3) is 0 Å². The molecule has 0 radical (unpaired) electrons. The predicted octanol–water partition coefficient (Wildman–Crippen LogP) is 1.95. The van der Waals surface area contributed by atoms with Crippen LogP contribution < -0.4 is 16.6 Å². The number of aliphatic hydroxyl groups excluding tert-OH is 1. The minimum absolute atomic E-state index is 0.0272. The van der Waals surface area contributed by atoms with Gasteiger partial charge in [0, 0.05) is 23.3 Å². The van der Waals surface area contributed by atoms with E-state index in [9.17, 15) is 0 Å². The third-order valence-electron chi connectivity index (χ3n) is 4.46. The molecule has 3 heterocycles. The quantitative estimate of drug-likeness (QED) is 0.348. The number of aromatic nitrogens is 4. The maximum Gasteiger partial charge on any atom is 0.166 e. The Hall–Kier alpha value is -3.49. The summed E-state index contributed by atoms with van der Waals surface area (Å²) in [4.78, 5) is 8.96. The number of nitrogens with zero attached hydrogens (tertiary/aromatic N) is 5. The highest BCUT2D eigenvalue weighted by molar-refractivity contribution is 5.79. The number of aliphatic hydroxyl groups is 1. The molecule has 28 heavy (non-hydrogen) atoms. The van der Waals surface area contributed by atoms with Gasteiger partial charge in [-0.15, -0.1) is 0 Å². The molecule has 0 atom stereocenters. The first-order chi connectivity index (χ1) is 13.6. The Morgan fingerprint density at radius 1 is 1.14 bits per heavy atom. The summed E-state index contributed by atoms with van der Waals surface area (Å²) in [7, 11) is 0. The Morgan fingerprint density at radius 3 is 2.89 bits per heavy atom. The van der Waals surface area contributed by atoms with Gasteiger partial charge in [-0.05, 0) is 35.9 Å². The molecule has 0 spiro atoms. The molecule has 0 aliphatic rings. The standard InChI is InChI=1S/C20H21N7O/c21-17-4-6-19(16-11-24-26(13-16)8-9-28)25-20(17)27(22)12-14-3-5-18-15(10-14)2-1-7-23-18/h1-7,10-11,13,28H,8-9,12,21-22H2. The average molecular weight is 375 g/mol. The number of nitrogen functional groups attached to an aromatic ring is 1. The van der Waals surface area contributed by atoms with Gasteiger partial charge >= 0.3 is 0 Å². The first-order valence-corrected chi connectivity index (χ1v) is 8.90. The van der Waals surface area contributed by atoms with E-state index in [2.05, 4.69) is 21.1 Å². The van der Waals surface area contributed by atoms with Crippen molar-refractivity contribution in [2.45, 2.75) is 13.1 Å². The summed E-state index contributed by atoms with van der Waals surface area (Å²) >= 11 is 0. The zero-order valence-corrected chi connectivity index (χ0v) is 15.2. The molecule has 0 aliphatic heterocycles. The Morgan fingerprint density at radius 2 is 2.04 bits per heavy atom. The van der Waals surface area contributed by atoms with E-state index in [1.165, 1.54) is 5.01 Å². The van der Waals surface area contributed by atoms with Crippen molar-refractivity contribution in [2.24, 2.45) is 5.84 Å². The van der Waals surface area contributed by atoms with Crippen molar-refractivity contribution < 1.29 is 5.11 Å². The molecule has 0 fully saturated rings. The molecule has 0 bridgehead atoms. The molecule has 4 rings (SSSR count). The van der Waals surface area contributed by atoms with E-state index < -0.39 is 0 Å². The van der Waals surface area contributed by atoms with Gasteiger partial charge in [-0.3, -0.25) is 14.7 Å². The Kier molecular flexibility index (Phi) is 4.88. The third kappa shape index (κ3) is 3.64. The second-order valence-electron chi connectivity index (χ2n) is 6.48. The van der Waals surface area contributed by atoms with E-state index >= 15 is 0 Å². The highest BCUT2D eigenvalue weighted by atomic mass is 16.3. The minimum atomic E-state index is 0.0272. The average Bonchev–Trinajstić information content (AvgIpc) is 3.17. The summed E-state index contributed by atoms with van der Waals surface area (Å²) < 4.78 is 1.66. The van der Waals surface area contributed by atoms with Crippen LogP contribution in [-0.4, -0.2) is 31.5 Å². The zero-order valence-electron chi connectivity index (χ0n) is 15.2. The number of benzene rings is 1. The van der Waals surface area contributed by atoms with Crippen LogP contribution in [-0.2, 0) is 13.1 Å². The van der Waals surface area contributed by atoms with E-state index in [-0.39, 0.29) is 6.61 Å². The van der Waals surface area contributed by atoms with Gasteiger partial charge in [0.05, 0.1) is 42.8 Å². The maximum absolute atomic E-state index is 9.04. The van der Waals surface area contributed by atoms with Crippen molar-refractivity contribution in [2.75, 3.05) is 17.3 Å². The van der Waals surface area contributed by atoms with E-state index in [0.717, 1.165) is 22.0 Å². The van der Waals surface area contributed by atoms with Crippen molar-refractivity contribution in [1.29, 1.82) is 0 Å². The first-order valence-electron chi connectivity index (χ1n) is 8.90. The molecule has 0 aliphatic carbocycles. The number of nitrogens with two attached hydrogens (primary N) is 2. The summed E-state index contributed by atoms with van der Waals surface area (Å²) in [6.45, 7) is 0.913. The van der Waals surface area contributed by atoms with Gasteiger partial charge in [0.2, 0.25) is 0 Å². The zero-order chi connectivity index (χ0) is 19.5. The van der Waals surface area contributed by atoms with Gasteiger partial charge in [0.1, 0.15) is 0 Å². The van der Waals surface area contributed by atoms with E-state index in [0.29, 0.717) is 30.3 Å². The van der Waals surface area contributed by atoms with E-state index in [1.807, 2.05) is 36.5 Å². The number of fused-ring (bicyclic) bond motifs is 1. The van der Waals surface area contributed by atoms with Crippen LogP contribution in [0.1, 0.15) is 5.56 Å². The fourth-order valence-electron chi connectivity index (χ4n) is 3.07. The van der Waals surface area contributed by atoms with Crippen LogP contribution in [0.25, 0.3) is 22.2 Å². The largest absolute Gasteiger partial charge is 0.396 e. The van der Waals surface area contributed by atoms with Crippen molar-refractivity contribution in [3.8, 4) is 11.3 Å². The second kappa shape index (κ2) is 7.63. The molecule has 1 aromatic carbocycles. The fraction of sp³-hybridized carbons (Fsp3) is 0.150. The Labute approximate surface area is 162 Å². The lowest BCUT2D eigenvalue weighted by molar-refractivity contribution is 0.269. The molecule has 3 aromatic heterocycles. The summed E-state index contributed by atoms with van der Waals surface area (Å²) in [6, 6.07) is 13.6. The normalized spacial score (nSPS) is 11.1. The summed E-state index contributed by atoms with van der Waals surface area (Å²) in [5.41, 5.74) is 10.1. The summed E-state index contributed by atoms with van der Waals surface area (Å²) in [5.74, 6) is 6.79. The van der Waals surface area contributed by atoms with Gasteiger partial charge in [0.15, 0.2) is 5.82 Å². The van der Waals surface area contributed by atoms with Crippen molar-refractivity contribution in [3.05, 3.63) is 66.6 Å². The Bertz CT molecular complexity index is 1110. The Balaban J connectivity index is 1.59. The molecule has 5 N–H and O–H groups in total. The smallest absolute Gasteiger partial charge is 0.166 e. The SMILES string of the molecule is Nc1ccc(-c2cnn(CCO)c2)nc1N(N)Cc1ccc2ncccc2c1. The van der Waals surface area contributed by atoms with Crippen LogP contribution in [0.3, 0.4) is 0 Å². The minimum Gasteiger partial charge on any atom is -0.396 e. The van der Waals surface area contributed by atoms with Gasteiger partial charge in [-0.2, -0.15) is 5.10 Å². The highest BCUT2D eigenvalue weighted by Crippen LogP contribution is 2.26. The topological polar surface area (TPSA) is 119 Å². The molecule has 0 saturated heterocycles. The van der Waals surface area contributed by atoms with Crippen LogP contribution in [0.15, 0.2) is 61.1 Å². The lowest BCUT2D eigenvalue weighted by Gasteiger charge is -2.20. The number of anilines is 2. The molecule has 8 nitrogen and oxygen atoms in total. The summed E-state index contributed by atoms with van der Waals surface area (Å²) in [5, 5.41) is 15.8. The predicted molar refractivity (Wildman–Crippen MR) is 109 cm³/mol. The van der Waals surface area contributed by atoms with Crippen molar-refractivity contribution in [3.63, 3.8) is 0 Å². The van der Waals surface area contributed by atoms with Crippen molar-refractivity contribution >= 4 is 22.4 Å². The number of hydrogen-bond donors (Lipinski definition) is 3. The first kappa shape index (κ1) is 17.9. The molecule has 0 saturated carbocycles. The molecule has 4 aromatic rings. The molecule has 142 valence electrons. The second-order valence-corrected chi connectivity index (χ2v) is 6.48. The van der Waals surface area contributed by atoms with Crippen LogP contribution in [0.5, 0.6) is 0 Å². The van der Waals surface area contributed by atoms with Crippen molar-refractivity contribution in [1.82, 2.24) is 19.7 Å². The molecule has 0 amide bonds.